The molecule has 5 heteroatoms. The molecule has 0 unspecified atom stereocenters. The molecule has 2 aromatic rings. The van der Waals surface area contributed by atoms with Gasteiger partial charge in [-0.05, 0) is 43.2 Å². The van der Waals surface area contributed by atoms with Crippen molar-refractivity contribution in [3.8, 4) is 0 Å². The second-order valence-corrected chi connectivity index (χ2v) is 6.07. The van der Waals surface area contributed by atoms with Crippen LogP contribution in [-0.2, 0) is 16.4 Å². The normalized spacial score (nSPS) is 13.4. The van der Waals surface area contributed by atoms with E-state index in [1.54, 1.807) is 31.2 Å². The zero-order valence-corrected chi connectivity index (χ0v) is 11.8. The molecule has 4 nitrogen and oxygen atoms in total. The number of hydrogen-bond donors (Lipinski definition) is 1. The van der Waals surface area contributed by atoms with Gasteiger partial charge in [-0.3, -0.25) is 0 Å². The number of sulfonamides is 1. The third-order valence-electron chi connectivity index (χ3n) is 2.94. The summed E-state index contributed by atoms with van der Waals surface area (Å²) in [6.07, 6.45) is 2.41. The van der Waals surface area contributed by atoms with Gasteiger partial charge in [0.25, 0.3) is 0 Å². The lowest BCUT2D eigenvalue weighted by molar-refractivity contribution is 0.459. The van der Waals surface area contributed by atoms with Gasteiger partial charge >= 0.3 is 0 Å². The van der Waals surface area contributed by atoms with Crippen LogP contribution in [0.4, 0.5) is 0 Å². The topological polar surface area (TPSA) is 59.3 Å². The van der Waals surface area contributed by atoms with Gasteiger partial charge in [0.1, 0.15) is 5.76 Å². The van der Waals surface area contributed by atoms with Crippen LogP contribution >= 0.6 is 0 Å². The van der Waals surface area contributed by atoms with Gasteiger partial charge in [0, 0.05) is 0 Å². The molecule has 1 heterocycles. The molecule has 0 spiro atoms. The van der Waals surface area contributed by atoms with E-state index in [2.05, 4.69) is 4.72 Å². The highest BCUT2D eigenvalue weighted by Gasteiger charge is 2.19. The molecule has 19 heavy (non-hydrogen) atoms. The first-order valence-electron chi connectivity index (χ1n) is 6.17. The maximum absolute atomic E-state index is 12.2. The van der Waals surface area contributed by atoms with Gasteiger partial charge in [0.05, 0.1) is 17.2 Å². The predicted molar refractivity (Wildman–Crippen MR) is 73.3 cm³/mol. The standard InChI is InChI=1S/C14H17NO3S/c1-3-12-6-8-13(9-7-12)19(16,17)15-11(2)14-5-4-10-18-14/h4-11,15H,3H2,1-2H3/t11-/m1/s1. The molecule has 0 saturated carbocycles. The SMILES string of the molecule is CCc1ccc(S(=O)(=O)N[C@H](C)c2ccco2)cc1. The van der Waals surface area contributed by atoms with E-state index in [1.165, 1.54) is 6.26 Å². The number of aryl methyl sites for hydroxylation is 1. The minimum absolute atomic E-state index is 0.267. The molecule has 1 aromatic carbocycles. The van der Waals surface area contributed by atoms with E-state index in [0.29, 0.717) is 5.76 Å². The van der Waals surface area contributed by atoms with Crippen LogP contribution in [0.15, 0.2) is 52.0 Å². The van der Waals surface area contributed by atoms with Crippen LogP contribution in [0.25, 0.3) is 0 Å². The Bertz CT molecular complexity index is 615. The second-order valence-electron chi connectivity index (χ2n) is 4.36. The predicted octanol–water partition coefficient (Wildman–Crippen LogP) is 2.88. The lowest BCUT2D eigenvalue weighted by atomic mass is 10.2. The first-order chi connectivity index (χ1) is 9.03. The van der Waals surface area contributed by atoms with E-state index in [4.69, 9.17) is 4.42 Å². The fourth-order valence-electron chi connectivity index (χ4n) is 1.80. The fraction of sp³-hybridized carbons (Fsp3) is 0.286. The molecular formula is C14H17NO3S. The highest BCUT2D eigenvalue weighted by Crippen LogP contribution is 2.17. The van der Waals surface area contributed by atoms with Crippen molar-refractivity contribution in [1.29, 1.82) is 0 Å². The van der Waals surface area contributed by atoms with Crippen LogP contribution in [0.1, 0.15) is 31.2 Å². The lowest BCUT2D eigenvalue weighted by Crippen LogP contribution is -2.26. The lowest BCUT2D eigenvalue weighted by Gasteiger charge is -2.12. The van der Waals surface area contributed by atoms with Crippen LogP contribution in [0.3, 0.4) is 0 Å². The summed E-state index contributed by atoms with van der Waals surface area (Å²) in [6.45, 7) is 3.78. The van der Waals surface area contributed by atoms with Crippen molar-refractivity contribution in [3.63, 3.8) is 0 Å². The summed E-state index contributed by atoms with van der Waals surface area (Å²) in [7, 11) is -3.52. The van der Waals surface area contributed by atoms with Gasteiger partial charge in [0.15, 0.2) is 0 Å². The number of nitrogens with one attached hydrogen (secondary N) is 1. The first kappa shape index (κ1) is 13.8. The van der Waals surface area contributed by atoms with Crippen molar-refractivity contribution in [2.75, 3.05) is 0 Å². The Morgan fingerprint density at radius 1 is 1.21 bits per heavy atom. The number of benzene rings is 1. The number of furan rings is 1. The summed E-state index contributed by atoms with van der Waals surface area (Å²) < 4.78 is 32.1. The quantitative estimate of drug-likeness (QED) is 0.915. The summed E-state index contributed by atoms with van der Waals surface area (Å²) in [4.78, 5) is 0.267. The first-order valence-corrected chi connectivity index (χ1v) is 7.66. The molecule has 0 bridgehead atoms. The number of rotatable bonds is 5. The molecule has 0 fully saturated rings. The van der Waals surface area contributed by atoms with Crippen molar-refractivity contribution in [3.05, 3.63) is 54.0 Å². The molecule has 1 atom stereocenters. The molecule has 102 valence electrons. The third-order valence-corrected chi connectivity index (χ3v) is 4.50. The van der Waals surface area contributed by atoms with Crippen LogP contribution in [0.5, 0.6) is 0 Å². The molecule has 1 aromatic heterocycles. The Balaban J connectivity index is 2.17. The van der Waals surface area contributed by atoms with Crippen LogP contribution in [0.2, 0.25) is 0 Å². The Hall–Kier alpha value is -1.59. The smallest absolute Gasteiger partial charge is 0.241 e. The Kier molecular flexibility index (Phi) is 4.07. The average Bonchev–Trinajstić information content (AvgIpc) is 2.92. The van der Waals surface area contributed by atoms with Crippen LogP contribution in [-0.4, -0.2) is 8.42 Å². The molecule has 0 aliphatic carbocycles. The molecule has 1 N–H and O–H groups in total. The molecule has 0 aliphatic heterocycles. The van der Waals surface area contributed by atoms with Crippen molar-refractivity contribution >= 4 is 10.0 Å². The summed E-state index contributed by atoms with van der Waals surface area (Å²) in [6, 6.07) is 9.97. The van der Waals surface area contributed by atoms with Crippen molar-refractivity contribution in [1.82, 2.24) is 4.72 Å². The summed E-state index contributed by atoms with van der Waals surface area (Å²) in [5, 5.41) is 0. The Morgan fingerprint density at radius 3 is 2.42 bits per heavy atom. The zero-order valence-electron chi connectivity index (χ0n) is 11.0. The van der Waals surface area contributed by atoms with Gasteiger partial charge < -0.3 is 4.42 Å². The van der Waals surface area contributed by atoms with E-state index >= 15 is 0 Å². The maximum Gasteiger partial charge on any atom is 0.241 e. The number of hydrogen-bond acceptors (Lipinski definition) is 3. The Labute approximate surface area is 113 Å². The fourth-order valence-corrected chi connectivity index (χ4v) is 3.01. The van der Waals surface area contributed by atoms with Gasteiger partial charge in [-0.25, -0.2) is 13.1 Å². The van der Waals surface area contributed by atoms with Crippen molar-refractivity contribution in [2.24, 2.45) is 0 Å². The van der Waals surface area contributed by atoms with Crippen molar-refractivity contribution in [2.45, 2.75) is 31.2 Å². The van der Waals surface area contributed by atoms with Crippen molar-refractivity contribution < 1.29 is 12.8 Å². The summed E-state index contributed by atoms with van der Waals surface area (Å²) in [5.41, 5.74) is 1.11. The van der Waals surface area contributed by atoms with E-state index in [9.17, 15) is 8.42 Å². The monoisotopic (exact) mass is 279 g/mol. The minimum Gasteiger partial charge on any atom is -0.468 e. The highest BCUT2D eigenvalue weighted by atomic mass is 32.2. The molecule has 0 radical (unpaired) electrons. The average molecular weight is 279 g/mol. The third kappa shape index (κ3) is 3.24. The second kappa shape index (κ2) is 5.59. The van der Waals surface area contributed by atoms with E-state index in [-0.39, 0.29) is 4.90 Å². The van der Waals surface area contributed by atoms with E-state index < -0.39 is 16.1 Å². The summed E-state index contributed by atoms with van der Waals surface area (Å²) in [5.74, 6) is 0.591. The maximum atomic E-state index is 12.2. The van der Waals surface area contributed by atoms with Crippen LogP contribution in [0, 0.1) is 0 Å². The molecule has 0 aliphatic rings. The largest absolute Gasteiger partial charge is 0.468 e. The van der Waals surface area contributed by atoms with E-state index in [0.717, 1.165) is 12.0 Å². The molecule has 0 saturated heterocycles. The molecule has 0 amide bonds. The highest BCUT2D eigenvalue weighted by molar-refractivity contribution is 7.89. The van der Waals surface area contributed by atoms with Gasteiger partial charge in [-0.1, -0.05) is 19.1 Å². The Morgan fingerprint density at radius 2 is 1.89 bits per heavy atom. The van der Waals surface area contributed by atoms with Gasteiger partial charge in [0.2, 0.25) is 10.0 Å². The summed E-state index contributed by atoms with van der Waals surface area (Å²) >= 11 is 0. The van der Waals surface area contributed by atoms with Crippen LogP contribution < -0.4 is 4.72 Å². The molecular weight excluding hydrogens is 262 g/mol. The molecule has 2 rings (SSSR count). The zero-order chi connectivity index (χ0) is 13.9. The van der Waals surface area contributed by atoms with E-state index in [1.807, 2.05) is 19.1 Å². The van der Waals surface area contributed by atoms with Gasteiger partial charge in [-0.2, -0.15) is 0 Å². The van der Waals surface area contributed by atoms with Gasteiger partial charge in [-0.15, -0.1) is 0 Å². The minimum atomic E-state index is -3.52.